The van der Waals surface area contributed by atoms with Gasteiger partial charge in [-0.15, -0.1) is 0 Å². The normalized spacial score (nSPS) is 10.2. The van der Waals surface area contributed by atoms with Crippen LogP contribution in [0.25, 0.3) is 11.1 Å². The molecule has 0 aliphatic carbocycles. The Morgan fingerprint density at radius 2 is 1.53 bits per heavy atom. The third-order valence-electron chi connectivity index (χ3n) is 2.48. The minimum atomic E-state index is 0.206. The molecule has 86 valence electrons. The lowest BCUT2D eigenvalue weighted by Crippen LogP contribution is -1.86. The lowest BCUT2D eigenvalue weighted by Gasteiger charge is -2.03. The Morgan fingerprint density at radius 3 is 2.12 bits per heavy atom. The number of carbonyl (C=O) groups excluding carboxylic acids is 1. The van der Waals surface area contributed by atoms with E-state index in [1.54, 1.807) is 0 Å². The largest absolute Gasteiger partial charge is 0.287 e. The van der Waals surface area contributed by atoms with Gasteiger partial charge in [-0.05, 0) is 23.3 Å². The molecule has 0 aromatic heterocycles. The molecular weight excluding hydrogens is 228 g/mol. The van der Waals surface area contributed by atoms with Crippen molar-refractivity contribution in [1.82, 2.24) is 0 Å². The highest BCUT2D eigenvalue weighted by Gasteiger charge is 2.02. The number of carbonyl (C=O) groups is 1. The highest BCUT2D eigenvalue weighted by molar-refractivity contribution is 8.13. The maximum atomic E-state index is 11.3. The lowest BCUT2D eigenvalue weighted by molar-refractivity contribution is -0.110. The second-order valence-electron chi connectivity index (χ2n) is 3.72. The standard InChI is InChI=1S/C15H14OS/c1-2-15(16)17-14-10-8-13(9-11-14)12-6-4-3-5-7-12/h3-11H,2H2,1H3. The Bertz CT molecular complexity index is 488. The topological polar surface area (TPSA) is 17.1 Å². The molecule has 0 heterocycles. The van der Waals surface area contributed by atoms with Crippen LogP contribution in [0.15, 0.2) is 59.5 Å². The smallest absolute Gasteiger partial charge is 0.193 e. The third-order valence-corrected chi connectivity index (χ3v) is 3.51. The maximum Gasteiger partial charge on any atom is 0.193 e. The summed E-state index contributed by atoms with van der Waals surface area (Å²) in [5.41, 5.74) is 2.38. The van der Waals surface area contributed by atoms with Crippen molar-refractivity contribution in [3.8, 4) is 11.1 Å². The van der Waals surface area contributed by atoms with Gasteiger partial charge in [0.05, 0.1) is 0 Å². The van der Waals surface area contributed by atoms with E-state index in [9.17, 15) is 4.79 Å². The molecule has 2 aromatic carbocycles. The van der Waals surface area contributed by atoms with Gasteiger partial charge in [0, 0.05) is 11.3 Å². The summed E-state index contributed by atoms with van der Waals surface area (Å²) in [6.07, 6.45) is 0.575. The minimum absolute atomic E-state index is 0.206. The van der Waals surface area contributed by atoms with E-state index in [1.165, 1.54) is 22.9 Å². The number of rotatable bonds is 3. The van der Waals surface area contributed by atoms with Crippen LogP contribution in [0.3, 0.4) is 0 Å². The zero-order valence-electron chi connectivity index (χ0n) is 9.72. The molecular formula is C15H14OS. The fourth-order valence-corrected chi connectivity index (χ4v) is 2.23. The first-order valence-corrected chi connectivity index (χ1v) is 6.47. The molecule has 0 fully saturated rings. The summed E-state index contributed by atoms with van der Waals surface area (Å²) in [6, 6.07) is 18.3. The fourth-order valence-electron chi connectivity index (χ4n) is 1.55. The molecule has 0 radical (unpaired) electrons. The number of thioether (sulfide) groups is 1. The summed E-state index contributed by atoms with van der Waals surface area (Å²) in [5, 5.41) is 0.206. The number of benzene rings is 2. The van der Waals surface area contributed by atoms with E-state index in [0.717, 1.165) is 4.90 Å². The Balaban J connectivity index is 2.16. The van der Waals surface area contributed by atoms with Crippen molar-refractivity contribution >= 4 is 16.9 Å². The molecule has 2 aromatic rings. The molecule has 0 saturated heterocycles. The molecule has 0 atom stereocenters. The molecule has 0 aliphatic rings. The van der Waals surface area contributed by atoms with E-state index >= 15 is 0 Å². The summed E-state index contributed by atoms with van der Waals surface area (Å²) in [7, 11) is 0. The molecule has 0 bridgehead atoms. The molecule has 1 nitrogen and oxygen atoms in total. The minimum Gasteiger partial charge on any atom is -0.287 e. The van der Waals surface area contributed by atoms with Gasteiger partial charge in [-0.3, -0.25) is 4.79 Å². The molecule has 17 heavy (non-hydrogen) atoms. The van der Waals surface area contributed by atoms with Gasteiger partial charge in [-0.25, -0.2) is 0 Å². The summed E-state index contributed by atoms with van der Waals surface area (Å²) in [6.45, 7) is 1.88. The van der Waals surface area contributed by atoms with Gasteiger partial charge in [0.1, 0.15) is 0 Å². The van der Waals surface area contributed by atoms with Crippen LogP contribution in [0.4, 0.5) is 0 Å². The Morgan fingerprint density at radius 1 is 0.941 bits per heavy atom. The number of hydrogen-bond donors (Lipinski definition) is 0. The van der Waals surface area contributed by atoms with Gasteiger partial charge < -0.3 is 0 Å². The van der Waals surface area contributed by atoms with Crippen LogP contribution >= 0.6 is 11.8 Å². The van der Waals surface area contributed by atoms with Gasteiger partial charge in [-0.1, -0.05) is 61.2 Å². The molecule has 0 spiro atoms. The van der Waals surface area contributed by atoms with Crippen LogP contribution in [0.5, 0.6) is 0 Å². The Labute approximate surface area is 106 Å². The summed E-state index contributed by atoms with van der Waals surface area (Å²) in [5.74, 6) is 0. The first-order valence-electron chi connectivity index (χ1n) is 5.66. The molecule has 0 unspecified atom stereocenters. The van der Waals surface area contributed by atoms with Crippen molar-refractivity contribution in [2.24, 2.45) is 0 Å². The van der Waals surface area contributed by atoms with Gasteiger partial charge in [-0.2, -0.15) is 0 Å². The second-order valence-corrected chi connectivity index (χ2v) is 4.85. The molecule has 0 aliphatic heterocycles. The summed E-state index contributed by atoms with van der Waals surface area (Å²) < 4.78 is 0. The van der Waals surface area contributed by atoms with Crippen LogP contribution in [0.2, 0.25) is 0 Å². The second kappa shape index (κ2) is 5.69. The SMILES string of the molecule is CCC(=O)Sc1ccc(-c2ccccc2)cc1. The summed E-state index contributed by atoms with van der Waals surface area (Å²) in [4.78, 5) is 12.3. The predicted octanol–water partition coefficient (Wildman–Crippen LogP) is 4.38. The van der Waals surface area contributed by atoms with Crippen molar-refractivity contribution in [2.45, 2.75) is 18.2 Å². The van der Waals surface area contributed by atoms with Crippen LogP contribution < -0.4 is 0 Å². The Kier molecular flexibility index (Phi) is 3.99. The van der Waals surface area contributed by atoms with Gasteiger partial charge in [0.15, 0.2) is 5.12 Å². The monoisotopic (exact) mass is 242 g/mol. The highest BCUT2D eigenvalue weighted by Crippen LogP contribution is 2.24. The quantitative estimate of drug-likeness (QED) is 0.743. The fraction of sp³-hybridized carbons (Fsp3) is 0.133. The van der Waals surface area contributed by atoms with E-state index in [2.05, 4.69) is 24.3 Å². The zero-order valence-corrected chi connectivity index (χ0v) is 10.5. The molecule has 2 rings (SSSR count). The van der Waals surface area contributed by atoms with Gasteiger partial charge >= 0.3 is 0 Å². The van der Waals surface area contributed by atoms with Gasteiger partial charge in [0.2, 0.25) is 0 Å². The lowest BCUT2D eigenvalue weighted by atomic mass is 10.1. The van der Waals surface area contributed by atoms with Crippen molar-refractivity contribution in [3.05, 3.63) is 54.6 Å². The molecule has 0 N–H and O–H groups in total. The van der Waals surface area contributed by atoms with E-state index in [0.29, 0.717) is 6.42 Å². The predicted molar refractivity (Wildman–Crippen MR) is 73.0 cm³/mol. The van der Waals surface area contributed by atoms with Crippen molar-refractivity contribution < 1.29 is 4.79 Å². The zero-order chi connectivity index (χ0) is 12.1. The van der Waals surface area contributed by atoms with Crippen molar-refractivity contribution in [1.29, 1.82) is 0 Å². The van der Waals surface area contributed by atoms with Crippen LogP contribution in [0.1, 0.15) is 13.3 Å². The molecule has 0 saturated carbocycles. The highest BCUT2D eigenvalue weighted by atomic mass is 32.2. The van der Waals surface area contributed by atoms with E-state index in [1.807, 2.05) is 37.3 Å². The van der Waals surface area contributed by atoms with Crippen molar-refractivity contribution in [2.75, 3.05) is 0 Å². The van der Waals surface area contributed by atoms with E-state index < -0.39 is 0 Å². The first-order chi connectivity index (χ1) is 8.29. The van der Waals surface area contributed by atoms with E-state index in [4.69, 9.17) is 0 Å². The van der Waals surface area contributed by atoms with Gasteiger partial charge in [0.25, 0.3) is 0 Å². The average Bonchev–Trinajstić information content (AvgIpc) is 2.40. The van der Waals surface area contributed by atoms with Crippen LogP contribution in [-0.4, -0.2) is 5.12 Å². The van der Waals surface area contributed by atoms with Crippen LogP contribution in [0, 0.1) is 0 Å². The van der Waals surface area contributed by atoms with Crippen LogP contribution in [-0.2, 0) is 4.79 Å². The van der Waals surface area contributed by atoms with E-state index in [-0.39, 0.29) is 5.12 Å². The maximum absolute atomic E-state index is 11.3. The average molecular weight is 242 g/mol. The summed E-state index contributed by atoms with van der Waals surface area (Å²) >= 11 is 1.31. The first kappa shape index (κ1) is 11.9. The molecule has 2 heteroatoms. The molecule has 0 amide bonds. The third kappa shape index (κ3) is 3.21. The number of hydrogen-bond acceptors (Lipinski definition) is 2. The van der Waals surface area contributed by atoms with Crippen molar-refractivity contribution in [3.63, 3.8) is 0 Å². The Hall–Kier alpha value is -1.54.